The van der Waals surface area contributed by atoms with E-state index in [-0.39, 0.29) is 0 Å². The van der Waals surface area contributed by atoms with Gasteiger partial charge < -0.3 is 14.8 Å². The van der Waals surface area contributed by atoms with Crippen LogP contribution in [0, 0.1) is 0 Å². The molecule has 0 saturated carbocycles. The number of allylic oxidation sites excluding steroid dienone is 1. The molecular weight excluding hydrogens is 310 g/mol. The number of hydrogen-bond donors (Lipinski definition) is 1. The van der Waals surface area contributed by atoms with E-state index >= 15 is 0 Å². The van der Waals surface area contributed by atoms with Crippen LogP contribution >= 0.6 is 11.6 Å². The molecule has 128 valence electrons. The van der Waals surface area contributed by atoms with Crippen LogP contribution < -0.4 is 14.8 Å². The van der Waals surface area contributed by atoms with Gasteiger partial charge in [0.15, 0.2) is 11.5 Å². The lowest BCUT2D eigenvalue weighted by Gasteiger charge is -2.15. The number of nitrogens with one attached hydrogen (secondary N) is 1. The van der Waals surface area contributed by atoms with Crippen molar-refractivity contribution >= 4 is 11.6 Å². The standard InChI is InChI=1S/C19H28ClNO2/c1-3-11-23-19-17(20)12-16(13-18(19)22-2)14-21-10-9-15-7-5-4-6-8-15/h7,12-13,21H,3-6,8-11,14H2,1-2H3. The number of halogens is 1. The van der Waals surface area contributed by atoms with Crippen molar-refractivity contribution in [2.75, 3.05) is 20.3 Å². The molecule has 0 bridgehead atoms. The summed E-state index contributed by atoms with van der Waals surface area (Å²) in [6, 6.07) is 3.96. The molecule has 0 fully saturated rings. The molecule has 0 saturated heterocycles. The number of ether oxygens (including phenoxy) is 2. The first-order valence-corrected chi connectivity index (χ1v) is 9.00. The Labute approximate surface area is 145 Å². The van der Waals surface area contributed by atoms with Crippen molar-refractivity contribution in [1.82, 2.24) is 5.32 Å². The molecule has 0 spiro atoms. The van der Waals surface area contributed by atoms with Gasteiger partial charge in [-0.15, -0.1) is 0 Å². The van der Waals surface area contributed by atoms with E-state index in [1.807, 2.05) is 12.1 Å². The van der Waals surface area contributed by atoms with E-state index in [1.54, 1.807) is 12.7 Å². The van der Waals surface area contributed by atoms with E-state index in [0.717, 1.165) is 31.5 Å². The number of methoxy groups -OCH3 is 1. The molecule has 1 aromatic rings. The largest absolute Gasteiger partial charge is 0.493 e. The Balaban J connectivity index is 1.87. The van der Waals surface area contributed by atoms with Crippen LogP contribution in [-0.2, 0) is 6.54 Å². The third-order valence-corrected chi connectivity index (χ3v) is 4.36. The molecule has 1 N–H and O–H groups in total. The van der Waals surface area contributed by atoms with Crippen LogP contribution in [0.1, 0.15) is 51.0 Å². The summed E-state index contributed by atoms with van der Waals surface area (Å²) >= 11 is 6.34. The quantitative estimate of drug-likeness (QED) is 0.501. The molecule has 1 aromatic carbocycles. The van der Waals surface area contributed by atoms with Crippen molar-refractivity contribution in [1.29, 1.82) is 0 Å². The monoisotopic (exact) mass is 337 g/mol. The van der Waals surface area contributed by atoms with E-state index in [4.69, 9.17) is 21.1 Å². The maximum atomic E-state index is 6.34. The molecule has 0 atom stereocenters. The summed E-state index contributed by atoms with van der Waals surface area (Å²) in [5.74, 6) is 1.35. The Morgan fingerprint density at radius 2 is 2.13 bits per heavy atom. The second-order valence-electron chi connectivity index (χ2n) is 5.99. The smallest absolute Gasteiger partial charge is 0.179 e. The fraction of sp³-hybridized carbons (Fsp3) is 0.579. The van der Waals surface area contributed by atoms with Gasteiger partial charge in [-0.3, -0.25) is 0 Å². The predicted octanol–water partition coefficient (Wildman–Crippen LogP) is 5.12. The van der Waals surface area contributed by atoms with Crippen LogP contribution in [0.2, 0.25) is 5.02 Å². The summed E-state index contributed by atoms with van der Waals surface area (Å²) in [5, 5.41) is 4.11. The lowest BCUT2D eigenvalue weighted by molar-refractivity contribution is 0.294. The fourth-order valence-electron chi connectivity index (χ4n) is 2.83. The Morgan fingerprint density at radius 3 is 2.83 bits per heavy atom. The average Bonchev–Trinajstić information content (AvgIpc) is 2.58. The SMILES string of the molecule is CCCOc1c(Cl)cc(CNCCC2=CCCCC2)cc1OC. The van der Waals surface area contributed by atoms with Gasteiger partial charge in [0.25, 0.3) is 0 Å². The summed E-state index contributed by atoms with van der Waals surface area (Å²) < 4.78 is 11.1. The lowest BCUT2D eigenvalue weighted by Crippen LogP contribution is -2.16. The van der Waals surface area contributed by atoms with Gasteiger partial charge in [0.1, 0.15) is 0 Å². The van der Waals surface area contributed by atoms with Crippen LogP contribution in [0.5, 0.6) is 11.5 Å². The second kappa shape index (κ2) is 9.84. The molecular formula is C19H28ClNO2. The summed E-state index contributed by atoms with van der Waals surface area (Å²) in [6.07, 6.45) is 9.71. The van der Waals surface area contributed by atoms with Gasteiger partial charge >= 0.3 is 0 Å². The van der Waals surface area contributed by atoms with Crippen LogP contribution in [0.25, 0.3) is 0 Å². The van der Waals surface area contributed by atoms with Crippen molar-refractivity contribution in [2.24, 2.45) is 0 Å². The van der Waals surface area contributed by atoms with Gasteiger partial charge in [0.05, 0.1) is 18.7 Å². The van der Waals surface area contributed by atoms with Crippen molar-refractivity contribution in [3.63, 3.8) is 0 Å². The maximum Gasteiger partial charge on any atom is 0.179 e. The highest BCUT2D eigenvalue weighted by molar-refractivity contribution is 6.32. The lowest BCUT2D eigenvalue weighted by atomic mass is 9.97. The molecule has 0 aromatic heterocycles. The summed E-state index contributed by atoms with van der Waals surface area (Å²) in [4.78, 5) is 0. The van der Waals surface area contributed by atoms with Crippen LogP contribution in [0.4, 0.5) is 0 Å². The normalized spacial score (nSPS) is 14.5. The molecule has 0 aliphatic heterocycles. The molecule has 0 heterocycles. The first kappa shape index (κ1) is 18.2. The van der Waals surface area contributed by atoms with Crippen LogP contribution in [0.3, 0.4) is 0 Å². The molecule has 0 unspecified atom stereocenters. The number of rotatable bonds is 9. The van der Waals surface area contributed by atoms with E-state index < -0.39 is 0 Å². The van der Waals surface area contributed by atoms with Gasteiger partial charge in [-0.1, -0.05) is 30.2 Å². The summed E-state index contributed by atoms with van der Waals surface area (Å²) in [6.45, 7) is 4.50. The predicted molar refractivity (Wildman–Crippen MR) is 96.7 cm³/mol. The molecule has 1 aliphatic carbocycles. The molecule has 1 aliphatic rings. The fourth-order valence-corrected chi connectivity index (χ4v) is 3.12. The first-order valence-electron chi connectivity index (χ1n) is 8.62. The van der Waals surface area contributed by atoms with Gasteiger partial charge in [-0.25, -0.2) is 0 Å². The van der Waals surface area contributed by atoms with Gasteiger partial charge in [-0.2, -0.15) is 0 Å². The van der Waals surface area contributed by atoms with Crippen molar-refractivity contribution in [2.45, 2.75) is 52.0 Å². The highest BCUT2D eigenvalue weighted by Crippen LogP contribution is 2.36. The third-order valence-electron chi connectivity index (χ3n) is 4.08. The van der Waals surface area contributed by atoms with Gasteiger partial charge in [0, 0.05) is 6.54 Å². The Morgan fingerprint density at radius 1 is 1.26 bits per heavy atom. The van der Waals surface area contributed by atoms with Crippen molar-refractivity contribution in [3.8, 4) is 11.5 Å². The van der Waals surface area contributed by atoms with E-state index in [1.165, 1.54) is 25.7 Å². The van der Waals surface area contributed by atoms with Crippen molar-refractivity contribution < 1.29 is 9.47 Å². The van der Waals surface area contributed by atoms with Gasteiger partial charge in [0.2, 0.25) is 0 Å². The zero-order valence-corrected chi connectivity index (χ0v) is 15.0. The summed E-state index contributed by atoms with van der Waals surface area (Å²) in [5.41, 5.74) is 2.72. The topological polar surface area (TPSA) is 30.5 Å². The van der Waals surface area contributed by atoms with Crippen molar-refractivity contribution in [3.05, 3.63) is 34.4 Å². The van der Waals surface area contributed by atoms with E-state index in [2.05, 4.69) is 18.3 Å². The minimum atomic E-state index is 0.615. The summed E-state index contributed by atoms with van der Waals surface area (Å²) in [7, 11) is 1.65. The van der Waals surface area contributed by atoms with Crippen LogP contribution in [-0.4, -0.2) is 20.3 Å². The second-order valence-corrected chi connectivity index (χ2v) is 6.40. The first-order chi connectivity index (χ1) is 11.2. The van der Waals surface area contributed by atoms with Gasteiger partial charge in [-0.05, 0) is 62.8 Å². The minimum absolute atomic E-state index is 0.615. The molecule has 23 heavy (non-hydrogen) atoms. The minimum Gasteiger partial charge on any atom is -0.493 e. The third kappa shape index (κ3) is 5.74. The Hall–Kier alpha value is -1.19. The van der Waals surface area contributed by atoms with Crippen LogP contribution in [0.15, 0.2) is 23.8 Å². The molecule has 0 amide bonds. The maximum absolute atomic E-state index is 6.34. The molecule has 2 rings (SSSR count). The molecule has 3 nitrogen and oxygen atoms in total. The zero-order valence-electron chi connectivity index (χ0n) is 14.3. The zero-order chi connectivity index (χ0) is 16.5. The Bertz CT molecular complexity index is 528. The number of benzene rings is 1. The van der Waals surface area contributed by atoms with E-state index in [0.29, 0.717) is 23.1 Å². The Kier molecular flexibility index (Phi) is 7.77. The van der Waals surface area contributed by atoms with E-state index in [9.17, 15) is 0 Å². The highest BCUT2D eigenvalue weighted by atomic mass is 35.5. The molecule has 0 radical (unpaired) electrons. The molecule has 4 heteroatoms. The highest BCUT2D eigenvalue weighted by Gasteiger charge is 2.12. The average molecular weight is 338 g/mol. The number of hydrogen-bond acceptors (Lipinski definition) is 3.